The molecule has 1 aliphatic rings. The lowest BCUT2D eigenvalue weighted by Crippen LogP contribution is -2.36. The first kappa shape index (κ1) is 15.8. The third kappa shape index (κ3) is 5.14. The van der Waals surface area contributed by atoms with Crippen molar-refractivity contribution in [3.63, 3.8) is 0 Å². The summed E-state index contributed by atoms with van der Waals surface area (Å²) in [5, 5.41) is 3.62. The zero-order valence-electron chi connectivity index (χ0n) is 13.0. The molecule has 0 heterocycles. The van der Waals surface area contributed by atoms with Crippen LogP contribution in [0.4, 0.5) is 0 Å². The van der Waals surface area contributed by atoms with E-state index >= 15 is 0 Å². The van der Waals surface area contributed by atoms with Crippen molar-refractivity contribution in [3.8, 4) is 0 Å². The molecule has 0 aromatic heterocycles. The molecule has 0 aliphatic heterocycles. The molecule has 0 saturated heterocycles. The summed E-state index contributed by atoms with van der Waals surface area (Å²) in [6.45, 7) is 16.0. The molecule has 1 nitrogen and oxygen atoms in total. The second-order valence-electron chi connectivity index (χ2n) is 6.94. The summed E-state index contributed by atoms with van der Waals surface area (Å²) in [5.74, 6) is 1.72. The average Bonchev–Trinajstić information content (AvgIpc) is 2.31. The monoisotopic (exact) mass is 251 g/mol. The van der Waals surface area contributed by atoms with Crippen LogP contribution in [0.1, 0.15) is 66.2 Å². The lowest BCUT2D eigenvalue weighted by atomic mass is 9.65. The molecule has 1 saturated carbocycles. The Hall–Kier alpha value is -0.300. The normalized spacial score (nSPS) is 27.1. The second-order valence-corrected chi connectivity index (χ2v) is 6.94. The summed E-state index contributed by atoms with van der Waals surface area (Å²) in [7, 11) is 0. The van der Waals surface area contributed by atoms with E-state index in [9.17, 15) is 0 Å². The number of hydrogen-bond donors (Lipinski definition) is 1. The predicted octanol–water partition coefficient (Wildman–Crippen LogP) is 4.78. The van der Waals surface area contributed by atoms with Gasteiger partial charge in [-0.2, -0.15) is 0 Å². The molecule has 0 aromatic carbocycles. The SMILES string of the molecule is C=C(CC)CC1CC(C)(C)CCC1CNCCC. The maximum atomic E-state index is 4.23. The molecule has 2 unspecified atom stereocenters. The van der Waals surface area contributed by atoms with Crippen LogP contribution in [-0.2, 0) is 0 Å². The van der Waals surface area contributed by atoms with Crippen molar-refractivity contribution in [1.29, 1.82) is 0 Å². The minimum atomic E-state index is 0.542. The number of nitrogens with one attached hydrogen (secondary N) is 1. The summed E-state index contributed by atoms with van der Waals surface area (Å²) in [6, 6.07) is 0. The first-order valence-electron chi connectivity index (χ1n) is 7.86. The van der Waals surface area contributed by atoms with Crippen LogP contribution >= 0.6 is 0 Å². The zero-order valence-corrected chi connectivity index (χ0v) is 13.0. The van der Waals surface area contributed by atoms with Gasteiger partial charge in [-0.05, 0) is 68.9 Å². The Morgan fingerprint density at radius 2 is 2.00 bits per heavy atom. The Morgan fingerprint density at radius 3 is 2.61 bits per heavy atom. The quantitative estimate of drug-likeness (QED) is 0.507. The Balaban J connectivity index is 2.53. The van der Waals surface area contributed by atoms with Crippen molar-refractivity contribution >= 4 is 0 Å². The Bertz CT molecular complexity index is 254. The van der Waals surface area contributed by atoms with Crippen molar-refractivity contribution in [1.82, 2.24) is 5.32 Å². The predicted molar refractivity (Wildman–Crippen MR) is 81.8 cm³/mol. The van der Waals surface area contributed by atoms with Gasteiger partial charge in [0, 0.05) is 0 Å². The summed E-state index contributed by atoms with van der Waals surface area (Å²) in [4.78, 5) is 0. The molecule has 1 fully saturated rings. The fraction of sp³-hybridized carbons (Fsp3) is 0.882. The minimum Gasteiger partial charge on any atom is -0.316 e. The third-order valence-electron chi connectivity index (χ3n) is 4.56. The minimum absolute atomic E-state index is 0.542. The Labute approximate surface area is 114 Å². The van der Waals surface area contributed by atoms with Gasteiger partial charge >= 0.3 is 0 Å². The number of allylic oxidation sites excluding steroid dienone is 1. The van der Waals surface area contributed by atoms with E-state index in [1.807, 2.05) is 0 Å². The molecule has 0 amide bonds. The lowest BCUT2D eigenvalue weighted by molar-refractivity contribution is 0.115. The van der Waals surface area contributed by atoms with Crippen LogP contribution in [0, 0.1) is 17.3 Å². The van der Waals surface area contributed by atoms with Gasteiger partial charge in [0.2, 0.25) is 0 Å². The first-order valence-corrected chi connectivity index (χ1v) is 7.86. The highest BCUT2D eigenvalue weighted by Crippen LogP contribution is 2.44. The van der Waals surface area contributed by atoms with E-state index in [4.69, 9.17) is 0 Å². The largest absolute Gasteiger partial charge is 0.316 e. The first-order chi connectivity index (χ1) is 8.48. The van der Waals surface area contributed by atoms with Gasteiger partial charge in [-0.25, -0.2) is 0 Å². The van der Waals surface area contributed by atoms with Gasteiger partial charge in [0.15, 0.2) is 0 Å². The molecule has 0 bridgehead atoms. The topological polar surface area (TPSA) is 12.0 Å². The van der Waals surface area contributed by atoms with Crippen LogP contribution < -0.4 is 5.32 Å². The molecule has 106 valence electrons. The van der Waals surface area contributed by atoms with Crippen molar-refractivity contribution in [2.75, 3.05) is 13.1 Å². The van der Waals surface area contributed by atoms with Crippen molar-refractivity contribution in [3.05, 3.63) is 12.2 Å². The molecule has 0 radical (unpaired) electrons. The van der Waals surface area contributed by atoms with Crippen LogP contribution in [-0.4, -0.2) is 13.1 Å². The maximum Gasteiger partial charge on any atom is -0.00177 e. The van der Waals surface area contributed by atoms with Crippen LogP contribution in [0.2, 0.25) is 0 Å². The molecular formula is C17H33N. The molecule has 2 atom stereocenters. The molecule has 0 aromatic rings. The van der Waals surface area contributed by atoms with Crippen LogP contribution in [0.15, 0.2) is 12.2 Å². The van der Waals surface area contributed by atoms with E-state index in [1.165, 1.54) is 50.8 Å². The Kier molecular flexibility index (Phi) is 6.42. The Morgan fingerprint density at radius 1 is 1.28 bits per heavy atom. The maximum absolute atomic E-state index is 4.23. The molecule has 1 rings (SSSR count). The van der Waals surface area contributed by atoms with Crippen molar-refractivity contribution < 1.29 is 0 Å². The van der Waals surface area contributed by atoms with Crippen molar-refractivity contribution in [2.45, 2.75) is 66.2 Å². The smallest absolute Gasteiger partial charge is 0.00177 e. The van der Waals surface area contributed by atoms with Gasteiger partial charge in [-0.15, -0.1) is 0 Å². The molecule has 1 heteroatoms. The van der Waals surface area contributed by atoms with E-state index in [0.29, 0.717) is 5.41 Å². The van der Waals surface area contributed by atoms with Gasteiger partial charge < -0.3 is 5.32 Å². The number of rotatable bonds is 7. The van der Waals surface area contributed by atoms with Crippen LogP contribution in [0.25, 0.3) is 0 Å². The highest BCUT2D eigenvalue weighted by molar-refractivity contribution is 4.98. The second kappa shape index (κ2) is 7.33. The zero-order chi connectivity index (χ0) is 13.6. The van der Waals surface area contributed by atoms with Gasteiger partial charge in [0.25, 0.3) is 0 Å². The highest BCUT2D eigenvalue weighted by Gasteiger charge is 2.34. The van der Waals surface area contributed by atoms with E-state index in [-0.39, 0.29) is 0 Å². The summed E-state index contributed by atoms with van der Waals surface area (Å²) < 4.78 is 0. The summed E-state index contributed by atoms with van der Waals surface area (Å²) in [5.41, 5.74) is 1.98. The van der Waals surface area contributed by atoms with Crippen molar-refractivity contribution in [2.24, 2.45) is 17.3 Å². The highest BCUT2D eigenvalue weighted by atomic mass is 14.9. The fourth-order valence-corrected chi connectivity index (χ4v) is 3.28. The van der Waals surface area contributed by atoms with E-state index in [0.717, 1.165) is 18.3 Å². The number of hydrogen-bond acceptors (Lipinski definition) is 1. The fourth-order valence-electron chi connectivity index (χ4n) is 3.28. The molecule has 0 spiro atoms. The molecular weight excluding hydrogens is 218 g/mol. The van der Waals surface area contributed by atoms with Gasteiger partial charge in [0.1, 0.15) is 0 Å². The summed E-state index contributed by atoms with van der Waals surface area (Å²) in [6.07, 6.45) is 7.80. The third-order valence-corrected chi connectivity index (χ3v) is 4.56. The van der Waals surface area contributed by atoms with E-state index in [2.05, 4.69) is 39.6 Å². The average molecular weight is 251 g/mol. The van der Waals surface area contributed by atoms with Crippen LogP contribution in [0.5, 0.6) is 0 Å². The van der Waals surface area contributed by atoms with E-state index < -0.39 is 0 Å². The van der Waals surface area contributed by atoms with Crippen LogP contribution in [0.3, 0.4) is 0 Å². The molecule has 18 heavy (non-hydrogen) atoms. The summed E-state index contributed by atoms with van der Waals surface area (Å²) >= 11 is 0. The van der Waals surface area contributed by atoms with E-state index in [1.54, 1.807) is 0 Å². The molecule has 1 N–H and O–H groups in total. The standard InChI is InChI=1S/C17H33N/c1-6-10-18-13-15-8-9-17(4,5)12-16(15)11-14(3)7-2/h15-16,18H,3,6-13H2,1-2,4-5H3. The lowest BCUT2D eigenvalue weighted by Gasteiger charge is -2.41. The van der Waals surface area contributed by atoms with Gasteiger partial charge in [-0.3, -0.25) is 0 Å². The van der Waals surface area contributed by atoms with Gasteiger partial charge in [-0.1, -0.05) is 39.8 Å². The van der Waals surface area contributed by atoms with Gasteiger partial charge in [0.05, 0.1) is 0 Å². The molecule has 1 aliphatic carbocycles.